The molecule has 0 heterocycles. The van der Waals surface area contributed by atoms with Gasteiger partial charge in [0, 0.05) is 11.3 Å². The number of hydrogen-bond donors (Lipinski definition) is 0. The first-order valence-corrected chi connectivity index (χ1v) is 15.8. The Bertz CT molecular complexity index is 1050. The summed E-state index contributed by atoms with van der Waals surface area (Å²) in [6.45, 7) is 15.7. The van der Waals surface area contributed by atoms with Crippen LogP contribution in [0.2, 0.25) is 0 Å². The summed E-state index contributed by atoms with van der Waals surface area (Å²) in [7, 11) is 0. The predicted molar refractivity (Wildman–Crippen MR) is 151 cm³/mol. The second-order valence-corrected chi connectivity index (χ2v) is 14.2. The Hall–Kier alpha value is -1.91. The minimum Gasteiger partial charge on any atom is -0.465 e. The topological polar surface area (TPSA) is 69.7 Å². The summed E-state index contributed by atoms with van der Waals surface area (Å²) in [5, 5.41) is 0. The molecule has 0 radical (unpaired) electrons. The molecule has 0 aliphatic heterocycles. The molecule has 0 amide bonds. The molecule has 5 heteroatoms. The number of carbonyl (C=O) groups is 3. The van der Waals surface area contributed by atoms with Crippen molar-refractivity contribution in [2.75, 3.05) is 13.2 Å². The summed E-state index contributed by atoms with van der Waals surface area (Å²) in [6.07, 6.45) is 15.0. The molecular weight excluding hydrogens is 488 g/mol. The van der Waals surface area contributed by atoms with Crippen LogP contribution < -0.4 is 0 Å². The lowest BCUT2D eigenvalue weighted by Crippen LogP contribution is -2.51. The second-order valence-electron chi connectivity index (χ2n) is 14.2. The van der Waals surface area contributed by atoms with Gasteiger partial charge in [-0.2, -0.15) is 0 Å². The molecule has 0 bridgehead atoms. The number of esters is 2. The molecule has 0 spiro atoms. The number of ketones is 1. The Balaban J connectivity index is 1.46. The van der Waals surface area contributed by atoms with Gasteiger partial charge in [0.2, 0.25) is 0 Å². The zero-order valence-electron chi connectivity index (χ0n) is 25.3. The number of fused-ring (bicyclic) bond motifs is 7. The summed E-state index contributed by atoms with van der Waals surface area (Å²) in [6, 6.07) is 0. The SMILES string of the molecule is CCOC(=O)C1(C(=O)OCC)[C@H]2[C@@H]1C(=O)C=C1C=C[C@H]3[C@@H]4CC[C@H]([C@H](C)CCCC(C)C)[C@@]4(C)CC[C@@H]3[C@]12C. The fourth-order valence-corrected chi connectivity index (χ4v) is 10.3. The van der Waals surface area contributed by atoms with E-state index in [1.54, 1.807) is 19.9 Å². The van der Waals surface area contributed by atoms with Crippen molar-refractivity contribution in [3.05, 3.63) is 23.8 Å². The predicted octanol–water partition coefficient (Wildman–Crippen LogP) is 6.95. The van der Waals surface area contributed by atoms with E-state index in [0.717, 1.165) is 29.7 Å². The standard InChI is InChI=1S/C34H50O5/c1-8-38-30(36)34(31(37)39-9-2)28-27(35)19-22-13-14-23-25-16-15-24(21(5)12-10-11-20(3)4)32(25,6)18-17-26(23)33(22,7)29(28)34/h13-14,19-21,23-26,28-29H,8-12,15-18H2,1-7H3/t21-,23+,24-,25+,26+,28+,29+,32-,33+/m1/s1. The summed E-state index contributed by atoms with van der Waals surface area (Å²) >= 11 is 0. The van der Waals surface area contributed by atoms with E-state index in [1.807, 2.05) is 0 Å². The van der Waals surface area contributed by atoms with Crippen LogP contribution in [0.3, 0.4) is 0 Å². The molecule has 5 aliphatic rings. The number of allylic oxidation sites excluding steroid dienone is 4. The second kappa shape index (κ2) is 10.2. The molecule has 0 saturated heterocycles. The van der Waals surface area contributed by atoms with Crippen LogP contribution in [0.4, 0.5) is 0 Å². The monoisotopic (exact) mass is 538 g/mol. The van der Waals surface area contributed by atoms with Gasteiger partial charge in [0.1, 0.15) is 0 Å². The Kier molecular flexibility index (Phi) is 7.46. The van der Waals surface area contributed by atoms with E-state index in [4.69, 9.17) is 9.47 Å². The summed E-state index contributed by atoms with van der Waals surface area (Å²) < 4.78 is 11.0. The zero-order chi connectivity index (χ0) is 28.3. The van der Waals surface area contributed by atoms with Crippen molar-refractivity contribution in [2.24, 2.45) is 63.6 Å². The van der Waals surface area contributed by atoms with Gasteiger partial charge in [-0.1, -0.05) is 66.0 Å². The quantitative estimate of drug-likeness (QED) is 0.235. The number of carbonyl (C=O) groups excluding carboxylic acids is 3. The molecule has 3 fully saturated rings. The van der Waals surface area contributed by atoms with Gasteiger partial charge in [-0.15, -0.1) is 0 Å². The lowest BCUT2D eigenvalue weighted by Gasteiger charge is -2.56. The van der Waals surface area contributed by atoms with Gasteiger partial charge in [-0.3, -0.25) is 14.4 Å². The van der Waals surface area contributed by atoms with Crippen LogP contribution in [0.25, 0.3) is 0 Å². The minimum absolute atomic E-state index is 0.131. The van der Waals surface area contributed by atoms with Crippen LogP contribution in [-0.4, -0.2) is 30.9 Å². The first kappa shape index (κ1) is 28.6. The van der Waals surface area contributed by atoms with Gasteiger partial charge in [-0.05, 0) is 92.1 Å². The zero-order valence-corrected chi connectivity index (χ0v) is 25.3. The molecule has 3 saturated carbocycles. The summed E-state index contributed by atoms with van der Waals surface area (Å²) in [5.41, 5.74) is -0.645. The van der Waals surface area contributed by atoms with Crippen molar-refractivity contribution >= 4 is 17.7 Å². The highest BCUT2D eigenvalue weighted by molar-refractivity contribution is 6.14. The lowest BCUT2D eigenvalue weighted by molar-refractivity contribution is -0.167. The highest BCUT2D eigenvalue weighted by atomic mass is 16.6. The van der Waals surface area contributed by atoms with E-state index >= 15 is 0 Å². The maximum absolute atomic E-state index is 13.5. The molecule has 9 atom stereocenters. The van der Waals surface area contributed by atoms with E-state index in [1.165, 1.54) is 38.5 Å². The van der Waals surface area contributed by atoms with Crippen molar-refractivity contribution in [3.8, 4) is 0 Å². The number of ether oxygens (including phenoxy) is 2. The molecule has 39 heavy (non-hydrogen) atoms. The maximum Gasteiger partial charge on any atom is 0.324 e. The minimum atomic E-state index is -1.52. The molecule has 216 valence electrons. The highest BCUT2D eigenvalue weighted by Crippen LogP contribution is 2.77. The van der Waals surface area contributed by atoms with Gasteiger partial charge >= 0.3 is 11.9 Å². The van der Waals surface area contributed by atoms with E-state index in [9.17, 15) is 14.4 Å². The Morgan fingerprint density at radius 3 is 2.26 bits per heavy atom. The molecule has 0 aromatic heterocycles. The third kappa shape index (κ3) is 4.02. The smallest absolute Gasteiger partial charge is 0.324 e. The normalized spacial score (nSPS) is 40.1. The highest BCUT2D eigenvalue weighted by Gasteiger charge is 2.85. The maximum atomic E-state index is 13.5. The van der Waals surface area contributed by atoms with Crippen molar-refractivity contribution in [3.63, 3.8) is 0 Å². The Morgan fingerprint density at radius 2 is 1.64 bits per heavy atom. The van der Waals surface area contributed by atoms with Crippen molar-refractivity contribution in [1.29, 1.82) is 0 Å². The molecule has 0 N–H and O–H groups in total. The van der Waals surface area contributed by atoms with Crippen LogP contribution >= 0.6 is 0 Å². The van der Waals surface area contributed by atoms with Crippen molar-refractivity contribution < 1.29 is 23.9 Å². The van der Waals surface area contributed by atoms with Crippen LogP contribution in [-0.2, 0) is 23.9 Å². The lowest BCUT2D eigenvalue weighted by atomic mass is 9.47. The van der Waals surface area contributed by atoms with Crippen molar-refractivity contribution in [2.45, 2.75) is 93.4 Å². The average Bonchev–Trinajstić information content (AvgIpc) is 3.49. The van der Waals surface area contributed by atoms with Crippen LogP contribution in [0.5, 0.6) is 0 Å². The molecule has 5 aliphatic carbocycles. The van der Waals surface area contributed by atoms with Gasteiger partial charge < -0.3 is 9.47 Å². The summed E-state index contributed by atoms with van der Waals surface area (Å²) in [4.78, 5) is 40.4. The van der Waals surface area contributed by atoms with Gasteiger partial charge in [0.25, 0.3) is 0 Å². The Labute approximate surface area is 235 Å². The van der Waals surface area contributed by atoms with Crippen molar-refractivity contribution in [1.82, 2.24) is 0 Å². The Morgan fingerprint density at radius 1 is 0.974 bits per heavy atom. The molecule has 0 aromatic carbocycles. The van der Waals surface area contributed by atoms with Gasteiger partial charge in [0.05, 0.1) is 19.1 Å². The van der Waals surface area contributed by atoms with Crippen LogP contribution in [0, 0.1) is 63.6 Å². The summed E-state index contributed by atoms with van der Waals surface area (Å²) in [5.74, 6) is 1.17. The third-order valence-electron chi connectivity index (χ3n) is 12.1. The van der Waals surface area contributed by atoms with E-state index in [0.29, 0.717) is 23.2 Å². The van der Waals surface area contributed by atoms with E-state index in [2.05, 4.69) is 46.8 Å². The first-order chi connectivity index (χ1) is 18.5. The van der Waals surface area contributed by atoms with E-state index < -0.39 is 34.6 Å². The number of hydrogen-bond acceptors (Lipinski definition) is 5. The first-order valence-electron chi connectivity index (χ1n) is 15.8. The van der Waals surface area contributed by atoms with Crippen LogP contribution in [0.15, 0.2) is 23.8 Å². The van der Waals surface area contributed by atoms with Gasteiger partial charge in [-0.25, -0.2) is 0 Å². The molecule has 5 nitrogen and oxygen atoms in total. The average molecular weight is 539 g/mol. The fraction of sp³-hybridized carbons (Fsp3) is 0.794. The molecule has 5 rings (SSSR count). The molecular formula is C34H50O5. The largest absolute Gasteiger partial charge is 0.465 e. The molecule has 0 unspecified atom stereocenters. The van der Waals surface area contributed by atoms with E-state index in [-0.39, 0.29) is 19.0 Å². The molecule has 0 aromatic rings. The third-order valence-corrected chi connectivity index (χ3v) is 12.1. The number of rotatable bonds is 9. The van der Waals surface area contributed by atoms with Crippen LogP contribution in [0.1, 0.15) is 93.4 Å². The fourth-order valence-electron chi connectivity index (χ4n) is 10.3. The van der Waals surface area contributed by atoms with Gasteiger partial charge in [0.15, 0.2) is 11.2 Å².